The smallest absolute Gasteiger partial charge is 0.123 e. The fourth-order valence-corrected chi connectivity index (χ4v) is 4.47. The van der Waals surface area contributed by atoms with E-state index in [4.69, 9.17) is 11.6 Å². The third kappa shape index (κ3) is 3.80. The van der Waals surface area contributed by atoms with Crippen molar-refractivity contribution in [2.75, 3.05) is 0 Å². The van der Waals surface area contributed by atoms with Gasteiger partial charge in [-0.2, -0.15) is 0 Å². The molecule has 0 bridgehead atoms. The van der Waals surface area contributed by atoms with Crippen molar-refractivity contribution in [1.82, 2.24) is 0 Å². The third-order valence-electron chi connectivity index (χ3n) is 5.24. The molecule has 0 saturated heterocycles. The summed E-state index contributed by atoms with van der Waals surface area (Å²) in [6.45, 7) is 11.0. The lowest BCUT2D eigenvalue weighted by Crippen LogP contribution is -2.27. The van der Waals surface area contributed by atoms with Crippen LogP contribution in [0.1, 0.15) is 68.5 Å². The summed E-state index contributed by atoms with van der Waals surface area (Å²) in [5.74, 6) is 1.16. The maximum absolute atomic E-state index is 13.5. The first-order chi connectivity index (χ1) is 9.70. The minimum Gasteiger partial charge on any atom is -0.207 e. The van der Waals surface area contributed by atoms with E-state index in [-0.39, 0.29) is 11.2 Å². The Bertz CT molecular complexity index is 470. The van der Waals surface area contributed by atoms with Crippen molar-refractivity contribution in [3.63, 3.8) is 0 Å². The molecule has 1 aromatic carbocycles. The molecule has 2 rings (SSSR count). The molecule has 1 aromatic rings. The normalized spacial score (nSPS) is 24.9. The molecule has 118 valence electrons. The number of halogens is 2. The molecule has 0 spiro atoms. The highest BCUT2D eigenvalue weighted by atomic mass is 35.5. The van der Waals surface area contributed by atoms with Gasteiger partial charge in [-0.05, 0) is 85.6 Å². The molecular formula is C19H28ClF. The van der Waals surface area contributed by atoms with Crippen LogP contribution in [0.4, 0.5) is 4.39 Å². The second kappa shape index (κ2) is 6.28. The van der Waals surface area contributed by atoms with Gasteiger partial charge in [0.1, 0.15) is 5.82 Å². The van der Waals surface area contributed by atoms with Crippen LogP contribution in [0, 0.1) is 36.9 Å². The Hall–Kier alpha value is -0.560. The number of alkyl halides is 1. The zero-order chi connectivity index (χ0) is 15.8. The maximum Gasteiger partial charge on any atom is 0.123 e. The quantitative estimate of drug-likeness (QED) is 0.541. The predicted molar refractivity (Wildman–Crippen MR) is 89.4 cm³/mol. The molecule has 0 radical (unpaired) electrons. The average molecular weight is 311 g/mol. The number of benzene rings is 1. The highest BCUT2D eigenvalue weighted by molar-refractivity contribution is 6.21. The summed E-state index contributed by atoms with van der Waals surface area (Å²) >= 11 is 6.79. The highest BCUT2D eigenvalue weighted by Crippen LogP contribution is 2.46. The monoisotopic (exact) mass is 310 g/mol. The summed E-state index contributed by atoms with van der Waals surface area (Å²) in [4.78, 5) is 0. The van der Waals surface area contributed by atoms with Crippen LogP contribution in [-0.2, 0) is 0 Å². The molecular weight excluding hydrogens is 283 g/mol. The van der Waals surface area contributed by atoms with Gasteiger partial charge in [0.05, 0.1) is 5.38 Å². The van der Waals surface area contributed by atoms with Crippen molar-refractivity contribution in [3.05, 3.63) is 34.6 Å². The molecule has 1 saturated carbocycles. The lowest BCUT2D eigenvalue weighted by molar-refractivity contribution is 0.148. The molecule has 0 heterocycles. The van der Waals surface area contributed by atoms with Gasteiger partial charge in [0, 0.05) is 0 Å². The molecule has 0 nitrogen and oxygen atoms in total. The molecule has 0 aliphatic heterocycles. The van der Waals surface area contributed by atoms with Gasteiger partial charge in [0.25, 0.3) is 0 Å². The molecule has 21 heavy (non-hydrogen) atoms. The first kappa shape index (κ1) is 16.8. The van der Waals surface area contributed by atoms with Crippen LogP contribution in [-0.4, -0.2) is 0 Å². The Balaban J connectivity index is 2.11. The van der Waals surface area contributed by atoms with E-state index in [2.05, 4.69) is 20.8 Å². The minimum absolute atomic E-state index is 0.0199. The van der Waals surface area contributed by atoms with Gasteiger partial charge < -0.3 is 0 Å². The van der Waals surface area contributed by atoms with E-state index in [9.17, 15) is 4.39 Å². The van der Waals surface area contributed by atoms with Crippen molar-refractivity contribution in [3.8, 4) is 0 Å². The molecule has 0 aromatic heterocycles. The lowest BCUT2D eigenvalue weighted by atomic mass is 9.68. The first-order valence-electron chi connectivity index (χ1n) is 8.11. The highest BCUT2D eigenvalue weighted by Gasteiger charge is 2.33. The summed E-state index contributed by atoms with van der Waals surface area (Å²) in [6, 6.07) is 3.22. The maximum atomic E-state index is 13.5. The van der Waals surface area contributed by atoms with E-state index >= 15 is 0 Å². The Morgan fingerprint density at radius 3 is 1.95 bits per heavy atom. The van der Waals surface area contributed by atoms with E-state index in [0.717, 1.165) is 22.6 Å². The van der Waals surface area contributed by atoms with E-state index < -0.39 is 0 Å². The van der Waals surface area contributed by atoms with Crippen LogP contribution in [0.2, 0.25) is 0 Å². The third-order valence-corrected chi connectivity index (χ3v) is 5.82. The zero-order valence-electron chi connectivity index (χ0n) is 14.0. The van der Waals surface area contributed by atoms with E-state index in [1.807, 2.05) is 13.8 Å². The standard InChI is InChI=1S/C19H28ClF/c1-12-10-16(21)11-13(2)17(12)18(20)14-6-8-15(9-7-14)19(3,4)5/h10-11,14-15,18H,6-9H2,1-5H3. The SMILES string of the molecule is Cc1cc(F)cc(C)c1C(Cl)C1CCC(C(C)(C)C)CC1. The Morgan fingerprint density at radius 2 is 1.52 bits per heavy atom. The molecule has 1 unspecified atom stereocenters. The molecule has 0 N–H and O–H groups in total. The topological polar surface area (TPSA) is 0 Å². The van der Waals surface area contributed by atoms with Gasteiger partial charge in [0.2, 0.25) is 0 Å². The van der Waals surface area contributed by atoms with Crippen molar-refractivity contribution in [2.45, 2.75) is 65.7 Å². The van der Waals surface area contributed by atoms with Gasteiger partial charge in [-0.1, -0.05) is 20.8 Å². The van der Waals surface area contributed by atoms with Crippen molar-refractivity contribution < 1.29 is 4.39 Å². The van der Waals surface area contributed by atoms with E-state index in [1.54, 1.807) is 12.1 Å². The second-order valence-electron chi connectivity index (χ2n) is 7.83. The molecule has 1 aliphatic rings. The lowest BCUT2D eigenvalue weighted by Gasteiger charge is -2.38. The Labute approximate surface area is 134 Å². The average Bonchev–Trinajstić information content (AvgIpc) is 2.36. The number of rotatable bonds is 2. The van der Waals surface area contributed by atoms with Gasteiger partial charge in [0.15, 0.2) is 0 Å². The minimum atomic E-state index is -0.158. The van der Waals surface area contributed by atoms with Crippen molar-refractivity contribution >= 4 is 11.6 Å². The molecule has 2 heteroatoms. The second-order valence-corrected chi connectivity index (χ2v) is 8.30. The fraction of sp³-hybridized carbons (Fsp3) is 0.684. The van der Waals surface area contributed by atoms with Crippen LogP contribution in [0.5, 0.6) is 0 Å². The first-order valence-corrected chi connectivity index (χ1v) is 8.54. The Kier molecular flexibility index (Phi) is 5.03. The summed E-state index contributed by atoms with van der Waals surface area (Å²) < 4.78 is 13.5. The van der Waals surface area contributed by atoms with Crippen molar-refractivity contribution in [2.24, 2.45) is 17.3 Å². The van der Waals surface area contributed by atoms with Crippen LogP contribution < -0.4 is 0 Å². The molecule has 1 atom stereocenters. The number of hydrogen-bond acceptors (Lipinski definition) is 0. The summed E-state index contributed by atoms with van der Waals surface area (Å²) in [5.41, 5.74) is 3.53. The predicted octanol–water partition coefficient (Wildman–Crippen LogP) is 6.57. The summed E-state index contributed by atoms with van der Waals surface area (Å²) in [7, 11) is 0. The number of hydrogen-bond donors (Lipinski definition) is 0. The van der Waals surface area contributed by atoms with Crippen LogP contribution >= 0.6 is 11.6 Å². The zero-order valence-corrected chi connectivity index (χ0v) is 14.7. The molecule has 0 amide bonds. The fourth-order valence-electron chi connectivity index (χ4n) is 3.87. The van der Waals surface area contributed by atoms with E-state index in [0.29, 0.717) is 11.3 Å². The van der Waals surface area contributed by atoms with Gasteiger partial charge in [-0.25, -0.2) is 4.39 Å². The summed E-state index contributed by atoms with van der Waals surface area (Å²) in [5, 5.41) is 0.0199. The van der Waals surface area contributed by atoms with Crippen LogP contribution in [0.15, 0.2) is 12.1 Å². The Morgan fingerprint density at radius 1 is 1.05 bits per heavy atom. The van der Waals surface area contributed by atoms with Gasteiger partial charge >= 0.3 is 0 Å². The van der Waals surface area contributed by atoms with Crippen molar-refractivity contribution in [1.29, 1.82) is 0 Å². The summed E-state index contributed by atoms with van der Waals surface area (Å²) in [6.07, 6.45) is 4.89. The number of aryl methyl sites for hydroxylation is 2. The van der Waals surface area contributed by atoms with E-state index in [1.165, 1.54) is 25.7 Å². The molecule has 1 fully saturated rings. The van der Waals surface area contributed by atoms with Gasteiger partial charge in [-0.15, -0.1) is 11.6 Å². The van der Waals surface area contributed by atoms with Gasteiger partial charge in [-0.3, -0.25) is 0 Å². The van der Waals surface area contributed by atoms with Crippen LogP contribution in [0.25, 0.3) is 0 Å². The molecule has 1 aliphatic carbocycles. The van der Waals surface area contributed by atoms with Crippen LogP contribution in [0.3, 0.4) is 0 Å². The largest absolute Gasteiger partial charge is 0.207 e.